The number of rotatable bonds is 3. The molecule has 1 aliphatic heterocycles. The molecule has 28 heavy (non-hydrogen) atoms. The fourth-order valence-corrected chi connectivity index (χ4v) is 5.19. The number of nitrogens with zero attached hydrogens (tertiary/aromatic N) is 1. The summed E-state index contributed by atoms with van der Waals surface area (Å²) in [7, 11) is -3.35. The number of fused-ring (bicyclic) bond motifs is 1. The number of pyridine rings is 1. The number of para-hydroxylation sites is 1. The monoisotopic (exact) mass is 396 g/mol. The molecule has 0 unspecified atom stereocenters. The fourth-order valence-electron chi connectivity index (χ4n) is 3.45. The number of aryl methyl sites for hydroxylation is 1. The van der Waals surface area contributed by atoms with Gasteiger partial charge in [-0.2, -0.15) is 0 Å². The zero-order valence-electron chi connectivity index (χ0n) is 15.3. The van der Waals surface area contributed by atoms with Crippen molar-refractivity contribution >= 4 is 26.6 Å². The summed E-state index contributed by atoms with van der Waals surface area (Å²) >= 11 is 0. The highest BCUT2D eigenvalue weighted by Gasteiger charge is 2.37. The van der Waals surface area contributed by atoms with Crippen molar-refractivity contribution in [1.82, 2.24) is 10.3 Å². The largest absolute Gasteiger partial charge is 0.390 e. The second-order valence-corrected chi connectivity index (χ2v) is 9.32. The number of hydrogen-bond acceptors (Lipinski definition) is 5. The first-order valence-corrected chi connectivity index (χ1v) is 10.8. The number of carbonyl (C=O) groups is 1. The van der Waals surface area contributed by atoms with Gasteiger partial charge in [0.25, 0.3) is 5.91 Å². The third kappa shape index (κ3) is 3.63. The molecule has 0 bridgehead atoms. The van der Waals surface area contributed by atoms with Crippen LogP contribution < -0.4 is 5.32 Å². The number of carbonyl (C=O) groups excluding carboxylic acids is 1. The van der Waals surface area contributed by atoms with E-state index in [2.05, 4.69) is 10.3 Å². The Kier molecular flexibility index (Phi) is 4.64. The Morgan fingerprint density at radius 3 is 2.50 bits per heavy atom. The summed E-state index contributed by atoms with van der Waals surface area (Å²) in [5, 5.41) is 13.3. The van der Waals surface area contributed by atoms with Gasteiger partial charge in [-0.1, -0.05) is 48.0 Å². The van der Waals surface area contributed by atoms with Crippen molar-refractivity contribution in [2.24, 2.45) is 0 Å². The molecule has 6 nitrogen and oxygen atoms in total. The summed E-state index contributed by atoms with van der Waals surface area (Å²) < 4.78 is 23.5. The van der Waals surface area contributed by atoms with Crippen LogP contribution in [0.3, 0.4) is 0 Å². The third-order valence-electron chi connectivity index (χ3n) is 4.95. The summed E-state index contributed by atoms with van der Waals surface area (Å²) in [5.74, 6) is -1.01. The third-order valence-corrected chi connectivity index (χ3v) is 6.66. The summed E-state index contributed by atoms with van der Waals surface area (Å²) in [6, 6.07) is 16.0. The maximum Gasteiger partial charge on any atom is 0.252 e. The van der Waals surface area contributed by atoms with Crippen LogP contribution in [-0.2, 0) is 9.84 Å². The molecule has 2 atom stereocenters. The topological polar surface area (TPSA) is 96.4 Å². The molecule has 4 rings (SSSR count). The van der Waals surface area contributed by atoms with Crippen LogP contribution in [0.5, 0.6) is 0 Å². The van der Waals surface area contributed by atoms with Gasteiger partial charge in [0.1, 0.15) is 0 Å². The van der Waals surface area contributed by atoms with Crippen LogP contribution in [0.2, 0.25) is 0 Å². The highest BCUT2D eigenvalue weighted by molar-refractivity contribution is 7.91. The minimum Gasteiger partial charge on any atom is -0.390 e. The number of sulfone groups is 1. The van der Waals surface area contributed by atoms with E-state index in [1.54, 1.807) is 12.1 Å². The minimum absolute atomic E-state index is 0.256. The molecule has 144 valence electrons. The molecule has 2 heterocycles. The molecule has 3 aromatic rings. The normalized spacial score (nSPS) is 20.9. The van der Waals surface area contributed by atoms with Gasteiger partial charge in [-0.05, 0) is 19.1 Å². The smallest absolute Gasteiger partial charge is 0.252 e. The van der Waals surface area contributed by atoms with E-state index in [9.17, 15) is 18.3 Å². The van der Waals surface area contributed by atoms with Gasteiger partial charge in [0.15, 0.2) is 9.84 Å². The Labute approximate surface area is 163 Å². The van der Waals surface area contributed by atoms with E-state index in [0.29, 0.717) is 22.2 Å². The average molecular weight is 396 g/mol. The first-order chi connectivity index (χ1) is 13.3. The van der Waals surface area contributed by atoms with E-state index < -0.39 is 27.9 Å². The molecule has 2 aromatic carbocycles. The average Bonchev–Trinajstić information content (AvgIpc) is 2.92. The van der Waals surface area contributed by atoms with Gasteiger partial charge in [-0.25, -0.2) is 13.4 Å². The predicted molar refractivity (Wildman–Crippen MR) is 108 cm³/mol. The van der Waals surface area contributed by atoms with Crippen LogP contribution in [-0.4, -0.2) is 48.1 Å². The first-order valence-electron chi connectivity index (χ1n) is 8.98. The zero-order valence-corrected chi connectivity index (χ0v) is 16.1. The van der Waals surface area contributed by atoms with Gasteiger partial charge >= 0.3 is 0 Å². The van der Waals surface area contributed by atoms with Crippen LogP contribution in [0.25, 0.3) is 22.2 Å². The minimum atomic E-state index is -3.35. The van der Waals surface area contributed by atoms with Crippen LogP contribution in [0.4, 0.5) is 0 Å². The highest BCUT2D eigenvalue weighted by Crippen LogP contribution is 2.25. The van der Waals surface area contributed by atoms with Crippen molar-refractivity contribution in [2.45, 2.75) is 19.1 Å². The fraction of sp³-hybridized carbons (Fsp3) is 0.238. The molecule has 0 aliphatic carbocycles. The second kappa shape index (κ2) is 7.00. The predicted octanol–water partition coefficient (Wildman–Crippen LogP) is 2.10. The number of nitrogens with one attached hydrogen (secondary N) is 1. The Hall–Kier alpha value is -2.77. The first kappa shape index (κ1) is 18.6. The van der Waals surface area contributed by atoms with Gasteiger partial charge in [-0.3, -0.25) is 4.79 Å². The van der Waals surface area contributed by atoms with Gasteiger partial charge in [0.05, 0.1) is 40.4 Å². The molecule has 7 heteroatoms. The molecule has 1 saturated heterocycles. The summed E-state index contributed by atoms with van der Waals surface area (Å²) in [6.07, 6.45) is -1.10. The maximum atomic E-state index is 13.0. The van der Waals surface area contributed by atoms with Crippen molar-refractivity contribution in [3.63, 3.8) is 0 Å². The molecule has 1 aromatic heterocycles. The standard InChI is InChI=1S/C21H20N2O4S/c1-13-6-8-14(9-7-13)18-10-16(15-4-2-3-5-17(15)22-18)21(25)23-19-11-28(26,27)12-20(19)24/h2-10,19-20,24H,11-12H2,1H3,(H,23,25)/t19-,20-/m1/s1. The van der Waals surface area contributed by atoms with E-state index in [0.717, 1.165) is 11.1 Å². The SMILES string of the molecule is Cc1ccc(-c2cc(C(=O)N[C@@H]3CS(=O)(=O)C[C@H]3O)c3ccccc3n2)cc1. The quantitative estimate of drug-likeness (QED) is 0.707. The van der Waals surface area contributed by atoms with E-state index >= 15 is 0 Å². The number of aliphatic hydroxyl groups is 1. The molecule has 1 amide bonds. The van der Waals surface area contributed by atoms with Gasteiger partial charge < -0.3 is 10.4 Å². The van der Waals surface area contributed by atoms with Crippen LogP contribution in [0.15, 0.2) is 54.6 Å². The molecule has 1 fully saturated rings. The van der Waals surface area contributed by atoms with E-state index in [1.165, 1.54) is 0 Å². The van der Waals surface area contributed by atoms with Crippen LogP contribution >= 0.6 is 0 Å². The molecular formula is C21H20N2O4S. The summed E-state index contributed by atoms with van der Waals surface area (Å²) in [5.41, 5.74) is 3.74. The lowest BCUT2D eigenvalue weighted by molar-refractivity contribution is 0.0890. The number of amides is 1. The molecule has 0 saturated carbocycles. The van der Waals surface area contributed by atoms with Crippen molar-refractivity contribution in [2.75, 3.05) is 11.5 Å². The number of benzene rings is 2. The Balaban J connectivity index is 1.75. The van der Waals surface area contributed by atoms with Gasteiger partial charge in [-0.15, -0.1) is 0 Å². The lowest BCUT2D eigenvalue weighted by atomic mass is 10.0. The Bertz CT molecular complexity index is 1160. The van der Waals surface area contributed by atoms with E-state index in [1.807, 2.05) is 49.4 Å². The van der Waals surface area contributed by atoms with Crippen molar-refractivity contribution < 1.29 is 18.3 Å². The number of aromatic nitrogens is 1. The lowest BCUT2D eigenvalue weighted by Crippen LogP contribution is -2.42. The number of aliphatic hydroxyl groups excluding tert-OH is 1. The van der Waals surface area contributed by atoms with Crippen molar-refractivity contribution in [1.29, 1.82) is 0 Å². The molecule has 0 spiro atoms. The Morgan fingerprint density at radius 1 is 1.11 bits per heavy atom. The molecule has 1 aliphatic rings. The number of hydrogen-bond donors (Lipinski definition) is 2. The summed E-state index contributed by atoms with van der Waals surface area (Å²) in [6.45, 7) is 2.00. The zero-order chi connectivity index (χ0) is 19.9. The van der Waals surface area contributed by atoms with Crippen LogP contribution in [0, 0.1) is 6.92 Å². The molecular weight excluding hydrogens is 376 g/mol. The van der Waals surface area contributed by atoms with Gasteiger partial charge in [0.2, 0.25) is 0 Å². The van der Waals surface area contributed by atoms with E-state index in [-0.39, 0.29) is 11.5 Å². The lowest BCUT2D eigenvalue weighted by Gasteiger charge is -2.16. The molecule has 0 radical (unpaired) electrons. The van der Waals surface area contributed by atoms with Gasteiger partial charge in [0, 0.05) is 10.9 Å². The summed E-state index contributed by atoms with van der Waals surface area (Å²) in [4.78, 5) is 17.6. The molecule has 2 N–H and O–H groups in total. The van der Waals surface area contributed by atoms with Crippen molar-refractivity contribution in [3.8, 4) is 11.3 Å². The second-order valence-electron chi connectivity index (χ2n) is 7.16. The van der Waals surface area contributed by atoms with E-state index in [4.69, 9.17) is 0 Å². The van der Waals surface area contributed by atoms with Crippen LogP contribution in [0.1, 0.15) is 15.9 Å². The van der Waals surface area contributed by atoms with Crippen molar-refractivity contribution in [3.05, 3.63) is 65.7 Å². The Morgan fingerprint density at radius 2 is 1.82 bits per heavy atom. The highest BCUT2D eigenvalue weighted by atomic mass is 32.2. The maximum absolute atomic E-state index is 13.0.